The van der Waals surface area contributed by atoms with Gasteiger partial charge in [-0.05, 0) is 38.1 Å². The first-order valence-corrected chi connectivity index (χ1v) is 8.28. The molecule has 0 aliphatic carbocycles. The summed E-state index contributed by atoms with van der Waals surface area (Å²) in [7, 11) is 2.01. The highest BCUT2D eigenvalue weighted by atomic mass is 35.5. The first-order valence-electron chi connectivity index (χ1n) is 7.90. The zero-order valence-corrected chi connectivity index (χ0v) is 14.9. The molecule has 25 heavy (non-hydrogen) atoms. The molecular weight excluding hydrogens is 336 g/mol. The van der Waals surface area contributed by atoms with E-state index in [0.29, 0.717) is 11.8 Å². The van der Waals surface area contributed by atoms with Crippen molar-refractivity contribution in [3.63, 3.8) is 0 Å². The van der Waals surface area contributed by atoms with E-state index < -0.39 is 0 Å². The summed E-state index contributed by atoms with van der Waals surface area (Å²) in [4.78, 5) is 8.81. The molecule has 0 amide bonds. The van der Waals surface area contributed by atoms with Crippen LogP contribution in [0.25, 0.3) is 16.7 Å². The average Bonchev–Trinajstić information content (AvgIpc) is 3.14. The third-order valence-electron chi connectivity index (χ3n) is 4.27. The molecule has 1 N–H and O–H groups in total. The van der Waals surface area contributed by atoms with E-state index in [-0.39, 0.29) is 0 Å². The molecule has 0 unspecified atom stereocenters. The SMILES string of the molecule is Cc1ccn(-c2ccnc(Nc3ccc4c(c3)c(Cl)c(C)n4C)n2)n1. The lowest BCUT2D eigenvalue weighted by Gasteiger charge is -2.07. The highest BCUT2D eigenvalue weighted by molar-refractivity contribution is 6.36. The number of hydrogen-bond donors (Lipinski definition) is 1. The number of aryl methyl sites for hydroxylation is 2. The minimum Gasteiger partial charge on any atom is -0.346 e. The standard InChI is InChI=1S/C18H17ClN6/c1-11-7-9-25(23-11)16-6-8-20-18(22-16)21-13-4-5-15-14(10-13)17(19)12(2)24(15)3/h4-10H,1-3H3,(H,20,21,22). The lowest BCUT2D eigenvalue weighted by molar-refractivity contribution is 0.828. The molecule has 0 aliphatic heterocycles. The molecule has 0 saturated carbocycles. The molecule has 0 atom stereocenters. The largest absolute Gasteiger partial charge is 0.346 e. The van der Waals surface area contributed by atoms with E-state index in [4.69, 9.17) is 11.6 Å². The third-order valence-corrected chi connectivity index (χ3v) is 4.75. The second-order valence-electron chi connectivity index (χ2n) is 5.96. The molecule has 1 aromatic carbocycles. The summed E-state index contributed by atoms with van der Waals surface area (Å²) in [5.41, 5.74) is 3.96. The summed E-state index contributed by atoms with van der Waals surface area (Å²) in [5, 5.41) is 9.38. The van der Waals surface area contributed by atoms with E-state index in [0.717, 1.165) is 33.0 Å². The van der Waals surface area contributed by atoms with Crippen molar-refractivity contribution in [3.8, 4) is 5.82 Å². The number of rotatable bonds is 3. The average molecular weight is 353 g/mol. The Morgan fingerprint density at radius 1 is 1.12 bits per heavy atom. The lowest BCUT2D eigenvalue weighted by atomic mass is 10.2. The van der Waals surface area contributed by atoms with Crippen molar-refractivity contribution in [1.82, 2.24) is 24.3 Å². The molecular formula is C18H17ClN6. The molecule has 0 bridgehead atoms. The minimum atomic E-state index is 0.508. The highest BCUT2D eigenvalue weighted by Crippen LogP contribution is 2.31. The van der Waals surface area contributed by atoms with Gasteiger partial charge < -0.3 is 9.88 Å². The topological polar surface area (TPSA) is 60.6 Å². The van der Waals surface area contributed by atoms with E-state index >= 15 is 0 Å². The smallest absolute Gasteiger partial charge is 0.229 e. The van der Waals surface area contributed by atoms with Gasteiger partial charge in [-0.25, -0.2) is 9.67 Å². The summed E-state index contributed by atoms with van der Waals surface area (Å²) in [5.74, 6) is 1.22. The summed E-state index contributed by atoms with van der Waals surface area (Å²) < 4.78 is 3.81. The molecule has 0 aliphatic rings. The molecule has 3 heterocycles. The molecule has 6 nitrogen and oxygen atoms in total. The predicted octanol–water partition coefficient (Wildman–Crippen LogP) is 4.17. The van der Waals surface area contributed by atoms with Crippen LogP contribution >= 0.6 is 11.6 Å². The van der Waals surface area contributed by atoms with Gasteiger partial charge in [0.2, 0.25) is 5.95 Å². The number of nitrogens with one attached hydrogen (secondary N) is 1. The summed E-state index contributed by atoms with van der Waals surface area (Å²) >= 11 is 6.44. The maximum atomic E-state index is 6.44. The number of nitrogens with zero attached hydrogens (tertiary/aromatic N) is 5. The summed E-state index contributed by atoms with van der Waals surface area (Å²) in [6.07, 6.45) is 3.58. The number of aromatic nitrogens is 5. The molecule has 7 heteroatoms. The van der Waals surface area contributed by atoms with Crippen LogP contribution < -0.4 is 5.32 Å². The van der Waals surface area contributed by atoms with Crippen LogP contribution in [0.15, 0.2) is 42.7 Å². The van der Waals surface area contributed by atoms with E-state index in [1.165, 1.54) is 0 Å². The molecule has 0 saturated heterocycles. The van der Waals surface area contributed by atoms with Crippen molar-refractivity contribution >= 4 is 34.1 Å². The lowest BCUT2D eigenvalue weighted by Crippen LogP contribution is -2.03. The van der Waals surface area contributed by atoms with Gasteiger partial charge in [0.25, 0.3) is 0 Å². The van der Waals surface area contributed by atoms with Crippen LogP contribution in [0.1, 0.15) is 11.4 Å². The van der Waals surface area contributed by atoms with Gasteiger partial charge in [-0.3, -0.25) is 0 Å². The van der Waals surface area contributed by atoms with E-state index in [9.17, 15) is 0 Å². The van der Waals surface area contributed by atoms with Crippen LogP contribution in [-0.4, -0.2) is 24.3 Å². The van der Waals surface area contributed by atoms with Crippen LogP contribution in [0.3, 0.4) is 0 Å². The van der Waals surface area contributed by atoms with Gasteiger partial charge in [-0.1, -0.05) is 11.6 Å². The van der Waals surface area contributed by atoms with Crippen molar-refractivity contribution in [3.05, 3.63) is 59.1 Å². The number of hydrogen-bond acceptors (Lipinski definition) is 4. The summed E-state index contributed by atoms with van der Waals surface area (Å²) in [6, 6.07) is 9.79. The van der Waals surface area contributed by atoms with Gasteiger partial charge in [0, 0.05) is 47.8 Å². The maximum absolute atomic E-state index is 6.44. The van der Waals surface area contributed by atoms with E-state index in [2.05, 4.69) is 25.0 Å². The highest BCUT2D eigenvalue weighted by Gasteiger charge is 2.11. The van der Waals surface area contributed by atoms with Crippen LogP contribution in [0.5, 0.6) is 0 Å². The number of anilines is 2. The van der Waals surface area contributed by atoms with Gasteiger partial charge >= 0.3 is 0 Å². The first-order chi connectivity index (χ1) is 12.0. The number of fused-ring (bicyclic) bond motifs is 1. The van der Waals surface area contributed by atoms with Gasteiger partial charge in [-0.15, -0.1) is 0 Å². The molecule has 4 rings (SSSR count). The van der Waals surface area contributed by atoms with Crippen LogP contribution in [-0.2, 0) is 7.05 Å². The van der Waals surface area contributed by atoms with Gasteiger partial charge in [0.1, 0.15) is 0 Å². The molecule has 0 radical (unpaired) electrons. The van der Waals surface area contributed by atoms with Crippen LogP contribution in [0, 0.1) is 13.8 Å². The Kier molecular flexibility index (Phi) is 3.69. The van der Waals surface area contributed by atoms with Gasteiger partial charge in [0.15, 0.2) is 5.82 Å². The summed E-state index contributed by atoms with van der Waals surface area (Å²) in [6.45, 7) is 3.95. The normalized spacial score (nSPS) is 11.2. The van der Waals surface area contributed by atoms with Crippen molar-refractivity contribution < 1.29 is 0 Å². The van der Waals surface area contributed by atoms with Crippen LogP contribution in [0.2, 0.25) is 5.02 Å². The van der Waals surface area contributed by atoms with Crippen molar-refractivity contribution in [1.29, 1.82) is 0 Å². The fourth-order valence-corrected chi connectivity index (χ4v) is 3.09. The Hall–Kier alpha value is -2.86. The Labute approximate surface area is 150 Å². The van der Waals surface area contributed by atoms with Crippen molar-refractivity contribution in [2.45, 2.75) is 13.8 Å². The van der Waals surface area contributed by atoms with Crippen molar-refractivity contribution in [2.75, 3.05) is 5.32 Å². The molecule has 0 fully saturated rings. The van der Waals surface area contributed by atoms with E-state index in [1.54, 1.807) is 10.9 Å². The third kappa shape index (κ3) is 2.74. The first kappa shape index (κ1) is 15.7. The molecule has 4 aromatic rings. The second-order valence-corrected chi connectivity index (χ2v) is 6.33. The van der Waals surface area contributed by atoms with Gasteiger partial charge in [-0.2, -0.15) is 10.1 Å². The van der Waals surface area contributed by atoms with E-state index in [1.807, 2.05) is 57.4 Å². The molecule has 0 spiro atoms. The zero-order valence-electron chi connectivity index (χ0n) is 14.2. The zero-order chi connectivity index (χ0) is 17.6. The van der Waals surface area contributed by atoms with Crippen LogP contribution in [0.4, 0.5) is 11.6 Å². The van der Waals surface area contributed by atoms with Crippen molar-refractivity contribution in [2.24, 2.45) is 7.05 Å². The Morgan fingerprint density at radius 2 is 1.96 bits per heavy atom. The van der Waals surface area contributed by atoms with Gasteiger partial charge in [0.05, 0.1) is 10.7 Å². The second kappa shape index (κ2) is 5.89. The molecule has 126 valence electrons. The molecule has 3 aromatic heterocycles. The predicted molar refractivity (Wildman–Crippen MR) is 99.8 cm³/mol. The Bertz CT molecular complexity index is 1080. The number of benzene rings is 1. The minimum absolute atomic E-state index is 0.508. The monoisotopic (exact) mass is 352 g/mol. The Balaban J connectivity index is 1.68. The fourth-order valence-electron chi connectivity index (χ4n) is 2.81. The Morgan fingerprint density at radius 3 is 2.72 bits per heavy atom. The quantitative estimate of drug-likeness (QED) is 0.601. The maximum Gasteiger partial charge on any atom is 0.229 e. The number of halogens is 1. The fraction of sp³-hybridized carbons (Fsp3) is 0.167.